The summed E-state index contributed by atoms with van der Waals surface area (Å²) < 4.78 is 0. The van der Waals surface area contributed by atoms with E-state index < -0.39 is 0 Å². The number of carbonyl (C=O) groups excluding carboxylic acids is 2. The zero-order chi connectivity index (χ0) is 18.4. The molecule has 0 fully saturated rings. The van der Waals surface area contributed by atoms with Gasteiger partial charge in [-0.3, -0.25) is 9.59 Å². The summed E-state index contributed by atoms with van der Waals surface area (Å²) in [7, 11) is 3.42. The van der Waals surface area contributed by atoms with Gasteiger partial charge in [-0.15, -0.1) is 0 Å². The van der Waals surface area contributed by atoms with Crippen molar-refractivity contribution in [2.75, 3.05) is 20.6 Å². The van der Waals surface area contributed by atoms with Crippen molar-refractivity contribution in [2.24, 2.45) is 0 Å². The van der Waals surface area contributed by atoms with Crippen molar-refractivity contribution < 1.29 is 9.59 Å². The molecule has 2 heterocycles. The van der Waals surface area contributed by atoms with Crippen molar-refractivity contribution in [2.45, 2.75) is 13.0 Å². The molecule has 0 saturated carbocycles. The van der Waals surface area contributed by atoms with Crippen LogP contribution in [0.1, 0.15) is 33.2 Å². The molecule has 1 unspecified atom stereocenters. The lowest BCUT2D eigenvalue weighted by Gasteiger charge is -2.27. The molecule has 0 aliphatic carbocycles. The van der Waals surface area contributed by atoms with E-state index in [2.05, 4.69) is 11.1 Å². The molecular weight excluding hydrogens is 326 g/mol. The number of amides is 2. The fourth-order valence-electron chi connectivity index (χ4n) is 3.78. The zero-order valence-corrected chi connectivity index (χ0v) is 15.1. The van der Waals surface area contributed by atoms with Crippen LogP contribution in [0.4, 0.5) is 0 Å². The zero-order valence-electron chi connectivity index (χ0n) is 15.1. The molecule has 5 nitrogen and oxygen atoms in total. The maximum atomic E-state index is 13.1. The summed E-state index contributed by atoms with van der Waals surface area (Å²) in [6.45, 7) is 2.08. The summed E-state index contributed by atoms with van der Waals surface area (Å²) in [5, 5.41) is 1.09. The second-order valence-corrected chi connectivity index (χ2v) is 6.92. The highest BCUT2D eigenvalue weighted by atomic mass is 16.2. The molecule has 0 bridgehead atoms. The predicted octanol–water partition coefficient (Wildman–Crippen LogP) is 3.11. The number of fused-ring (bicyclic) bond motifs is 2. The fraction of sp³-hybridized carbons (Fsp3) is 0.238. The molecule has 1 aliphatic rings. The first-order valence-electron chi connectivity index (χ1n) is 8.66. The van der Waals surface area contributed by atoms with Gasteiger partial charge in [0, 0.05) is 41.8 Å². The fourth-order valence-corrected chi connectivity index (χ4v) is 3.78. The minimum absolute atomic E-state index is 0.0596. The summed E-state index contributed by atoms with van der Waals surface area (Å²) in [4.78, 5) is 32.1. The van der Waals surface area contributed by atoms with Crippen LogP contribution in [0.3, 0.4) is 0 Å². The highest BCUT2D eigenvalue weighted by Gasteiger charge is 2.40. The van der Waals surface area contributed by atoms with Crippen LogP contribution in [0.25, 0.3) is 10.9 Å². The molecule has 0 radical (unpaired) electrons. The van der Waals surface area contributed by atoms with Crippen molar-refractivity contribution in [3.05, 3.63) is 70.9 Å². The van der Waals surface area contributed by atoms with Gasteiger partial charge in [0.05, 0.1) is 6.04 Å². The van der Waals surface area contributed by atoms with Gasteiger partial charge in [-0.25, -0.2) is 0 Å². The Labute approximate surface area is 152 Å². The van der Waals surface area contributed by atoms with Crippen molar-refractivity contribution in [3.63, 3.8) is 0 Å². The number of likely N-dealkylation sites (N-methyl/N-ethyl adjacent to an activating group) is 1. The highest BCUT2D eigenvalue weighted by molar-refractivity contribution is 6.02. The number of aromatic nitrogens is 1. The van der Waals surface area contributed by atoms with E-state index in [1.54, 1.807) is 19.0 Å². The number of para-hydroxylation sites is 1. The number of rotatable bonds is 3. The van der Waals surface area contributed by atoms with Gasteiger partial charge < -0.3 is 14.8 Å². The van der Waals surface area contributed by atoms with Gasteiger partial charge in [0.1, 0.15) is 6.54 Å². The molecule has 4 rings (SSSR count). The van der Waals surface area contributed by atoms with Crippen molar-refractivity contribution in [1.82, 2.24) is 14.8 Å². The van der Waals surface area contributed by atoms with Gasteiger partial charge in [0.25, 0.3) is 5.91 Å². The van der Waals surface area contributed by atoms with Crippen LogP contribution in [0.2, 0.25) is 0 Å². The van der Waals surface area contributed by atoms with E-state index in [9.17, 15) is 9.59 Å². The largest absolute Gasteiger partial charge is 0.358 e. The number of aryl methyl sites for hydroxylation is 1. The summed E-state index contributed by atoms with van der Waals surface area (Å²) >= 11 is 0. The Morgan fingerprint density at radius 3 is 2.58 bits per heavy atom. The van der Waals surface area contributed by atoms with Gasteiger partial charge in [-0.1, -0.05) is 36.4 Å². The third-order valence-electron chi connectivity index (χ3n) is 5.08. The maximum absolute atomic E-state index is 13.1. The van der Waals surface area contributed by atoms with E-state index >= 15 is 0 Å². The third kappa shape index (κ3) is 2.39. The molecule has 2 amide bonds. The predicted molar refractivity (Wildman–Crippen MR) is 101 cm³/mol. The molecule has 2 aromatic carbocycles. The van der Waals surface area contributed by atoms with Crippen molar-refractivity contribution in [1.29, 1.82) is 0 Å². The van der Waals surface area contributed by atoms with E-state index in [1.807, 2.05) is 49.4 Å². The van der Waals surface area contributed by atoms with Gasteiger partial charge in [0.2, 0.25) is 5.91 Å². The van der Waals surface area contributed by atoms with Crippen LogP contribution >= 0.6 is 0 Å². The van der Waals surface area contributed by atoms with Crippen LogP contribution < -0.4 is 0 Å². The first-order chi connectivity index (χ1) is 12.5. The van der Waals surface area contributed by atoms with E-state index in [4.69, 9.17) is 0 Å². The molecule has 1 N–H and O–H groups in total. The third-order valence-corrected chi connectivity index (χ3v) is 5.08. The quantitative estimate of drug-likeness (QED) is 0.791. The van der Waals surface area contributed by atoms with Gasteiger partial charge in [-0.2, -0.15) is 0 Å². The average Bonchev–Trinajstić information content (AvgIpc) is 3.09. The summed E-state index contributed by atoms with van der Waals surface area (Å²) in [6.07, 6.45) is 0. The van der Waals surface area contributed by atoms with E-state index in [-0.39, 0.29) is 24.4 Å². The molecule has 1 aliphatic heterocycles. The molecule has 3 aromatic rings. The summed E-state index contributed by atoms with van der Waals surface area (Å²) in [6, 6.07) is 15.5. The lowest BCUT2D eigenvalue weighted by atomic mass is 9.95. The maximum Gasteiger partial charge on any atom is 0.255 e. The van der Waals surface area contributed by atoms with Gasteiger partial charge in [0.15, 0.2) is 0 Å². The molecule has 5 heteroatoms. The number of hydrogen-bond acceptors (Lipinski definition) is 2. The number of aromatic amines is 1. The van der Waals surface area contributed by atoms with Crippen LogP contribution in [0.5, 0.6) is 0 Å². The molecule has 132 valence electrons. The smallest absolute Gasteiger partial charge is 0.255 e. The van der Waals surface area contributed by atoms with Crippen LogP contribution in [0.15, 0.2) is 48.5 Å². The van der Waals surface area contributed by atoms with Crippen molar-refractivity contribution >= 4 is 22.7 Å². The van der Waals surface area contributed by atoms with E-state index in [1.165, 1.54) is 4.90 Å². The van der Waals surface area contributed by atoms with Crippen LogP contribution in [-0.4, -0.2) is 47.2 Å². The molecule has 1 aromatic heterocycles. The Balaban J connectivity index is 1.91. The SMILES string of the molecule is Cc1[nH]c2ccccc2c1C1c2ccccc2C(=O)N1CC(=O)N(C)C. The number of nitrogens with one attached hydrogen (secondary N) is 1. The number of benzene rings is 2. The second kappa shape index (κ2) is 6.02. The first-order valence-corrected chi connectivity index (χ1v) is 8.66. The van der Waals surface area contributed by atoms with E-state index in [0.29, 0.717) is 5.56 Å². The Bertz CT molecular complexity index is 1020. The summed E-state index contributed by atoms with van der Waals surface area (Å²) in [5.74, 6) is -0.181. The lowest BCUT2D eigenvalue weighted by Crippen LogP contribution is -2.39. The Hall–Kier alpha value is -3.08. The molecule has 26 heavy (non-hydrogen) atoms. The lowest BCUT2D eigenvalue weighted by molar-refractivity contribution is -0.129. The minimum Gasteiger partial charge on any atom is -0.358 e. The number of hydrogen-bond donors (Lipinski definition) is 1. The van der Waals surface area contributed by atoms with Crippen LogP contribution in [0, 0.1) is 6.92 Å². The summed E-state index contributed by atoms with van der Waals surface area (Å²) in [5.41, 5.74) is 4.75. The van der Waals surface area contributed by atoms with E-state index in [0.717, 1.165) is 27.7 Å². The number of H-pyrrole nitrogens is 1. The standard InChI is InChI=1S/C21H21N3O2/c1-13-19(16-10-6-7-11-17(16)22-13)20-14-8-4-5-9-15(14)21(26)24(20)12-18(25)23(2)3/h4-11,20,22H,12H2,1-3H3. The Morgan fingerprint density at radius 2 is 1.81 bits per heavy atom. The molecular formula is C21H21N3O2. The van der Waals surface area contributed by atoms with Gasteiger partial charge >= 0.3 is 0 Å². The van der Waals surface area contributed by atoms with Crippen molar-refractivity contribution in [3.8, 4) is 0 Å². The number of nitrogens with zero attached hydrogens (tertiary/aromatic N) is 2. The molecule has 0 saturated heterocycles. The average molecular weight is 347 g/mol. The Kier molecular flexibility index (Phi) is 3.80. The Morgan fingerprint density at radius 1 is 1.12 bits per heavy atom. The monoisotopic (exact) mass is 347 g/mol. The topological polar surface area (TPSA) is 56.4 Å². The van der Waals surface area contributed by atoms with Crippen LogP contribution in [-0.2, 0) is 4.79 Å². The first kappa shape index (κ1) is 16.4. The molecule has 1 atom stereocenters. The molecule has 0 spiro atoms. The number of carbonyl (C=O) groups is 2. The normalized spacial score (nSPS) is 16.2. The van der Waals surface area contributed by atoms with Gasteiger partial charge in [-0.05, 0) is 24.6 Å². The highest BCUT2D eigenvalue weighted by Crippen LogP contribution is 2.42. The minimum atomic E-state index is -0.265. The second-order valence-electron chi connectivity index (χ2n) is 6.92.